The zero-order chi connectivity index (χ0) is 32.0. The van der Waals surface area contributed by atoms with Crippen molar-refractivity contribution < 1.29 is 18.0 Å². The number of amides is 3. The lowest BCUT2D eigenvalue weighted by Crippen LogP contribution is -2.45. The highest BCUT2D eigenvalue weighted by Gasteiger charge is 2.27. The number of nitrogens with zero attached hydrogens (tertiary/aromatic N) is 2. The summed E-state index contributed by atoms with van der Waals surface area (Å²) in [7, 11) is -4.22. The van der Waals surface area contributed by atoms with Crippen LogP contribution in [0.2, 0.25) is 5.02 Å². The molecule has 0 aliphatic carbocycles. The maximum atomic E-state index is 13.9. The molecule has 234 valence electrons. The predicted molar refractivity (Wildman–Crippen MR) is 180 cm³/mol. The van der Waals surface area contributed by atoms with Gasteiger partial charge in [0, 0.05) is 30.9 Å². The van der Waals surface area contributed by atoms with Crippen molar-refractivity contribution in [2.45, 2.75) is 50.5 Å². The van der Waals surface area contributed by atoms with Gasteiger partial charge in [-0.3, -0.25) is 9.69 Å². The van der Waals surface area contributed by atoms with Gasteiger partial charge in [0.25, 0.3) is 15.9 Å². The second-order valence-electron chi connectivity index (χ2n) is 11.2. The molecular formula is C35H37ClN4O4S. The number of hydrogen-bond donors (Lipinski definition) is 2. The number of benzene rings is 4. The first-order valence-electron chi connectivity index (χ1n) is 15.1. The van der Waals surface area contributed by atoms with Gasteiger partial charge in [0.2, 0.25) is 0 Å². The number of unbranched alkanes of at least 4 members (excludes halogenated alkanes) is 2. The maximum absolute atomic E-state index is 13.9. The third kappa shape index (κ3) is 7.49. The standard InChI is InChI=1S/C35H37ClN4O4S/c1-2-3-8-21-39(35(42)40-22-9-10-27-19-20-28(37)23-32(27)40)24-25-15-17-26(18-16-25)29-11-5-7-14-33(29)45(43,44)38-34(41)30-12-4-6-13-31(30)36/h4-7,11-20,23H,2-3,8-10,21-22,24,37H2,1H3,(H,38,41). The van der Waals surface area contributed by atoms with E-state index in [1.807, 2.05) is 52.3 Å². The number of fused-ring (bicyclic) bond motifs is 1. The average molecular weight is 645 g/mol. The van der Waals surface area contributed by atoms with E-state index in [2.05, 4.69) is 11.6 Å². The highest BCUT2D eigenvalue weighted by Crippen LogP contribution is 2.31. The van der Waals surface area contributed by atoms with Gasteiger partial charge in [-0.25, -0.2) is 17.9 Å². The first kappa shape index (κ1) is 32.1. The fraction of sp³-hybridized carbons (Fsp3) is 0.257. The molecular weight excluding hydrogens is 608 g/mol. The van der Waals surface area contributed by atoms with Gasteiger partial charge in [-0.15, -0.1) is 0 Å². The molecule has 0 atom stereocenters. The maximum Gasteiger partial charge on any atom is 0.324 e. The number of halogens is 1. The highest BCUT2D eigenvalue weighted by molar-refractivity contribution is 7.90. The lowest BCUT2D eigenvalue weighted by atomic mass is 10.0. The second-order valence-corrected chi connectivity index (χ2v) is 13.2. The van der Waals surface area contributed by atoms with Crippen LogP contribution in [0.5, 0.6) is 0 Å². The molecule has 10 heteroatoms. The number of anilines is 2. The van der Waals surface area contributed by atoms with Crippen LogP contribution in [0.3, 0.4) is 0 Å². The van der Waals surface area contributed by atoms with Gasteiger partial charge in [-0.05, 0) is 66.3 Å². The van der Waals surface area contributed by atoms with Crippen molar-refractivity contribution in [2.75, 3.05) is 23.7 Å². The Bertz CT molecular complexity index is 1790. The monoisotopic (exact) mass is 644 g/mol. The summed E-state index contributed by atoms with van der Waals surface area (Å²) in [6, 6.07) is 26.0. The van der Waals surface area contributed by atoms with Crippen LogP contribution in [0, 0.1) is 0 Å². The summed E-state index contributed by atoms with van der Waals surface area (Å²) in [5.74, 6) is -0.808. The van der Waals surface area contributed by atoms with Gasteiger partial charge in [-0.1, -0.05) is 92.0 Å². The summed E-state index contributed by atoms with van der Waals surface area (Å²) in [5, 5.41) is 0.157. The molecule has 0 unspecified atom stereocenters. The van der Waals surface area contributed by atoms with Gasteiger partial charge in [0.1, 0.15) is 0 Å². The van der Waals surface area contributed by atoms with Crippen LogP contribution in [0.15, 0.2) is 95.9 Å². The number of nitrogens with two attached hydrogens (primary N) is 1. The quantitative estimate of drug-likeness (QED) is 0.139. The minimum atomic E-state index is -4.22. The Hall–Kier alpha value is -4.34. The summed E-state index contributed by atoms with van der Waals surface area (Å²) in [6.07, 6.45) is 4.76. The number of carbonyl (C=O) groups excluding carboxylic acids is 2. The molecule has 1 heterocycles. The number of nitrogens with one attached hydrogen (secondary N) is 1. The number of sulfonamides is 1. The first-order valence-corrected chi connectivity index (χ1v) is 17.0. The van der Waals surface area contributed by atoms with Crippen molar-refractivity contribution in [1.29, 1.82) is 0 Å². The molecule has 0 radical (unpaired) electrons. The van der Waals surface area contributed by atoms with E-state index in [0.717, 1.165) is 48.9 Å². The lowest BCUT2D eigenvalue weighted by Gasteiger charge is -2.35. The van der Waals surface area contributed by atoms with Crippen molar-refractivity contribution in [3.05, 3.63) is 113 Å². The van der Waals surface area contributed by atoms with Crippen molar-refractivity contribution >= 4 is 44.9 Å². The summed E-state index contributed by atoms with van der Waals surface area (Å²) in [6.45, 7) is 3.80. The van der Waals surface area contributed by atoms with Crippen LogP contribution in [0.25, 0.3) is 11.1 Å². The molecule has 0 bridgehead atoms. The Morgan fingerprint density at radius 2 is 1.69 bits per heavy atom. The van der Waals surface area contributed by atoms with Crippen LogP contribution in [0.4, 0.5) is 16.2 Å². The van der Waals surface area contributed by atoms with Gasteiger partial charge in [-0.2, -0.15) is 0 Å². The van der Waals surface area contributed by atoms with E-state index in [4.69, 9.17) is 17.3 Å². The number of aryl methyl sites for hydroxylation is 1. The van der Waals surface area contributed by atoms with Gasteiger partial charge >= 0.3 is 6.03 Å². The fourth-order valence-electron chi connectivity index (χ4n) is 5.58. The van der Waals surface area contributed by atoms with Crippen LogP contribution in [-0.2, 0) is 23.0 Å². The van der Waals surface area contributed by atoms with E-state index in [1.54, 1.807) is 30.3 Å². The molecule has 0 saturated heterocycles. The molecule has 3 N–H and O–H groups in total. The largest absolute Gasteiger partial charge is 0.399 e. The minimum Gasteiger partial charge on any atom is -0.399 e. The summed E-state index contributed by atoms with van der Waals surface area (Å²) >= 11 is 6.11. The summed E-state index contributed by atoms with van der Waals surface area (Å²) in [4.78, 5) is 30.4. The molecule has 8 nitrogen and oxygen atoms in total. The molecule has 4 aromatic carbocycles. The number of carbonyl (C=O) groups is 2. The number of nitrogen functional groups attached to an aromatic ring is 1. The summed E-state index contributed by atoms with van der Waals surface area (Å²) in [5.41, 5.74) is 10.8. The third-order valence-electron chi connectivity index (χ3n) is 7.92. The molecule has 0 aromatic heterocycles. The van der Waals surface area contributed by atoms with Crippen molar-refractivity contribution in [1.82, 2.24) is 9.62 Å². The molecule has 0 fully saturated rings. The average Bonchev–Trinajstić information content (AvgIpc) is 3.04. The van der Waals surface area contributed by atoms with E-state index >= 15 is 0 Å². The Balaban J connectivity index is 1.37. The molecule has 4 aromatic rings. The number of rotatable bonds is 10. The Morgan fingerprint density at radius 3 is 2.44 bits per heavy atom. The molecule has 0 saturated carbocycles. The van der Waals surface area contributed by atoms with Crippen LogP contribution >= 0.6 is 11.6 Å². The molecule has 3 amide bonds. The van der Waals surface area contributed by atoms with Crippen LogP contribution in [0.1, 0.15) is 54.1 Å². The van der Waals surface area contributed by atoms with Crippen LogP contribution in [-0.4, -0.2) is 38.3 Å². The van der Waals surface area contributed by atoms with Crippen molar-refractivity contribution in [3.8, 4) is 11.1 Å². The van der Waals surface area contributed by atoms with E-state index in [9.17, 15) is 18.0 Å². The van der Waals surface area contributed by atoms with E-state index in [1.165, 1.54) is 18.2 Å². The summed E-state index contributed by atoms with van der Waals surface area (Å²) < 4.78 is 28.9. The zero-order valence-corrected chi connectivity index (χ0v) is 26.8. The minimum absolute atomic E-state index is 0.0300. The number of urea groups is 1. The molecule has 1 aliphatic heterocycles. The normalized spacial score (nSPS) is 12.8. The highest BCUT2D eigenvalue weighted by atomic mass is 35.5. The zero-order valence-electron chi connectivity index (χ0n) is 25.2. The van der Waals surface area contributed by atoms with Crippen LogP contribution < -0.4 is 15.4 Å². The Labute approximate surface area is 269 Å². The van der Waals surface area contributed by atoms with Gasteiger partial charge < -0.3 is 10.6 Å². The Morgan fingerprint density at radius 1 is 0.956 bits per heavy atom. The first-order chi connectivity index (χ1) is 21.7. The van der Waals surface area contributed by atoms with E-state index in [-0.39, 0.29) is 21.5 Å². The molecule has 0 spiro atoms. The smallest absolute Gasteiger partial charge is 0.324 e. The van der Waals surface area contributed by atoms with Crippen molar-refractivity contribution in [2.24, 2.45) is 0 Å². The second kappa shape index (κ2) is 14.2. The molecule has 45 heavy (non-hydrogen) atoms. The SMILES string of the molecule is CCCCCN(Cc1ccc(-c2ccccc2S(=O)(=O)NC(=O)c2ccccc2Cl)cc1)C(=O)N1CCCc2ccc(N)cc21. The van der Waals surface area contributed by atoms with E-state index < -0.39 is 15.9 Å². The lowest BCUT2D eigenvalue weighted by molar-refractivity contribution is 0.0981. The molecule has 1 aliphatic rings. The predicted octanol–water partition coefficient (Wildman–Crippen LogP) is 7.27. The third-order valence-corrected chi connectivity index (χ3v) is 9.64. The number of hydrogen-bond acceptors (Lipinski definition) is 5. The molecule has 5 rings (SSSR count). The van der Waals surface area contributed by atoms with Gasteiger partial charge in [0.05, 0.1) is 21.2 Å². The Kier molecular flexibility index (Phi) is 10.1. The topological polar surface area (TPSA) is 113 Å². The van der Waals surface area contributed by atoms with Gasteiger partial charge in [0.15, 0.2) is 0 Å². The fourth-order valence-corrected chi connectivity index (χ4v) is 7.00. The van der Waals surface area contributed by atoms with E-state index in [0.29, 0.717) is 36.4 Å². The van der Waals surface area contributed by atoms with Crippen molar-refractivity contribution in [3.63, 3.8) is 0 Å².